The molecular weight excluding hydrogens is 458 g/mol. The molecule has 1 saturated heterocycles. The fourth-order valence-corrected chi connectivity index (χ4v) is 7.79. The van der Waals surface area contributed by atoms with Gasteiger partial charge >= 0.3 is 6.03 Å². The molecule has 6 nitrogen and oxygen atoms in total. The highest BCUT2D eigenvalue weighted by Gasteiger charge is 2.53. The van der Waals surface area contributed by atoms with Gasteiger partial charge in [-0.15, -0.1) is 0 Å². The molecule has 0 radical (unpaired) electrons. The third-order valence-corrected chi connectivity index (χ3v) is 9.86. The maximum atomic E-state index is 14.2. The lowest BCUT2D eigenvalue weighted by Gasteiger charge is -2.49. The van der Waals surface area contributed by atoms with Crippen LogP contribution in [-0.2, 0) is 10.0 Å². The predicted octanol–water partition coefficient (Wildman–Crippen LogP) is 5.53. The van der Waals surface area contributed by atoms with E-state index < -0.39 is 16.2 Å². The molecule has 2 aromatic carbocycles. The van der Waals surface area contributed by atoms with E-state index in [1.165, 1.54) is 4.31 Å². The van der Waals surface area contributed by atoms with Gasteiger partial charge in [0, 0.05) is 18.7 Å². The zero-order valence-electron chi connectivity index (χ0n) is 20.6. The van der Waals surface area contributed by atoms with Crippen molar-refractivity contribution in [3.05, 3.63) is 89.6 Å². The quantitative estimate of drug-likeness (QED) is 0.528. The summed E-state index contributed by atoms with van der Waals surface area (Å²) in [5.41, 5.74) is 3.65. The molecule has 35 heavy (non-hydrogen) atoms. The predicted molar refractivity (Wildman–Crippen MR) is 137 cm³/mol. The summed E-state index contributed by atoms with van der Waals surface area (Å²) in [6, 6.07) is 17.8. The maximum absolute atomic E-state index is 14.2. The zero-order chi connectivity index (χ0) is 24.9. The number of hydrogen-bond donors (Lipinski definition) is 0. The summed E-state index contributed by atoms with van der Waals surface area (Å²) >= 11 is 0. The smallest absolute Gasteiger partial charge is 0.322 e. The van der Waals surface area contributed by atoms with Gasteiger partial charge in [-0.3, -0.25) is 4.90 Å². The summed E-state index contributed by atoms with van der Waals surface area (Å²) in [6.45, 7) is 8.40. The molecule has 4 atom stereocenters. The summed E-state index contributed by atoms with van der Waals surface area (Å²) in [6.07, 6.45) is 3.11. The molecule has 0 N–H and O–H groups in total. The van der Waals surface area contributed by atoms with Crippen LogP contribution >= 0.6 is 0 Å². The minimum absolute atomic E-state index is 0.0846. The van der Waals surface area contributed by atoms with Crippen LogP contribution < -0.4 is 0 Å². The standard InChI is InChI=1S/C28H33N3O3S/c1-19-24-17-11-12-18-25(24)20(2)31(35(33,34)23-15-9-6-10-16-23)27(19)30-26(21(3)29(4)28(30)32)22-13-7-5-8-14-22/h5-10,13-16,21,24,26-27H,1,11-12,17-18H2,2-4H3/t21-,24?,26-,27?/m0/s1. The Morgan fingerprint density at radius 1 is 0.971 bits per heavy atom. The van der Waals surface area contributed by atoms with Gasteiger partial charge in [0.15, 0.2) is 0 Å². The Morgan fingerprint density at radius 2 is 1.60 bits per heavy atom. The molecule has 5 rings (SSSR count). The molecule has 2 fully saturated rings. The second kappa shape index (κ2) is 8.86. The first kappa shape index (κ1) is 23.7. The number of hydrogen-bond acceptors (Lipinski definition) is 3. The Hall–Kier alpha value is -3.06. The van der Waals surface area contributed by atoms with E-state index in [-0.39, 0.29) is 28.9 Å². The number of sulfonamides is 1. The first-order chi connectivity index (χ1) is 16.7. The lowest BCUT2D eigenvalue weighted by atomic mass is 9.75. The van der Waals surface area contributed by atoms with Crippen LogP contribution in [0.2, 0.25) is 0 Å². The summed E-state index contributed by atoms with van der Waals surface area (Å²) < 4.78 is 29.9. The van der Waals surface area contributed by atoms with Crippen LogP contribution in [0.3, 0.4) is 0 Å². The molecule has 0 spiro atoms. The van der Waals surface area contributed by atoms with E-state index in [9.17, 15) is 13.2 Å². The summed E-state index contributed by atoms with van der Waals surface area (Å²) in [5, 5.41) is 0. The van der Waals surface area contributed by atoms with Crippen molar-refractivity contribution in [2.24, 2.45) is 5.92 Å². The first-order valence-corrected chi connectivity index (χ1v) is 13.8. The third kappa shape index (κ3) is 3.68. The largest absolute Gasteiger partial charge is 0.323 e. The number of fused-ring (bicyclic) bond motifs is 1. The first-order valence-electron chi connectivity index (χ1n) is 12.3. The topological polar surface area (TPSA) is 60.9 Å². The van der Waals surface area contributed by atoms with Gasteiger partial charge < -0.3 is 4.90 Å². The second-order valence-corrected chi connectivity index (χ2v) is 11.7. The number of allylic oxidation sites excluding steroid dienone is 2. The fourth-order valence-electron chi connectivity index (χ4n) is 6.09. The lowest BCUT2D eigenvalue weighted by Crippen LogP contribution is -2.56. The number of carbonyl (C=O) groups is 1. The molecule has 0 aromatic heterocycles. The van der Waals surface area contributed by atoms with E-state index in [0.717, 1.165) is 48.1 Å². The molecule has 2 aromatic rings. The summed E-state index contributed by atoms with van der Waals surface area (Å²) in [5.74, 6) is 0.0846. The fraction of sp³-hybridized carbons (Fsp3) is 0.393. The number of urea groups is 1. The highest BCUT2D eigenvalue weighted by molar-refractivity contribution is 7.89. The number of benzene rings is 2. The summed E-state index contributed by atoms with van der Waals surface area (Å²) in [4.78, 5) is 17.5. The number of nitrogens with zero attached hydrogens (tertiary/aromatic N) is 3. The molecule has 2 aliphatic heterocycles. The summed E-state index contributed by atoms with van der Waals surface area (Å²) in [7, 11) is -2.15. The Labute approximate surface area is 208 Å². The van der Waals surface area contributed by atoms with Gasteiger partial charge in [-0.25, -0.2) is 17.5 Å². The normalized spacial score (nSPS) is 27.5. The monoisotopic (exact) mass is 491 g/mol. The minimum Gasteiger partial charge on any atom is -0.323 e. The Kier molecular flexibility index (Phi) is 5.99. The van der Waals surface area contributed by atoms with Gasteiger partial charge in [0.1, 0.15) is 6.17 Å². The molecular formula is C28H33N3O3S. The maximum Gasteiger partial charge on any atom is 0.322 e. The average molecular weight is 492 g/mol. The highest BCUT2D eigenvalue weighted by Crippen LogP contribution is 2.49. The molecule has 2 amide bonds. The Morgan fingerprint density at radius 3 is 2.26 bits per heavy atom. The van der Waals surface area contributed by atoms with Gasteiger partial charge in [-0.05, 0) is 62.0 Å². The zero-order valence-corrected chi connectivity index (χ0v) is 21.4. The molecule has 184 valence electrons. The highest BCUT2D eigenvalue weighted by atomic mass is 32.2. The van der Waals surface area contributed by atoms with E-state index in [4.69, 9.17) is 0 Å². The van der Waals surface area contributed by atoms with Crippen LogP contribution in [0.25, 0.3) is 0 Å². The van der Waals surface area contributed by atoms with Crippen molar-refractivity contribution in [3.63, 3.8) is 0 Å². The van der Waals surface area contributed by atoms with Crippen molar-refractivity contribution in [2.45, 2.75) is 62.7 Å². The minimum atomic E-state index is -3.94. The molecule has 2 unspecified atom stereocenters. The van der Waals surface area contributed by atoms with Gasteiger partial charge in [0.25, 0.3) is 10.0 Å². The number of amides is 2. The van der Waals surface area contributed by atoms with Crippen LogP contribution in [0.4, 0.5) is 4.79 Å². The number of likely N-dealkylation sites (N-methyl/N-ethyl adjacent to an activating group) is 1. The molecule has 1 saturated carbocycles. The van der Waals surface area contributed by atoms with Crippen molar-refractivity contribution in [3.8, 4) is 0 Å². The SMILES string of the molecule is C=C1C2CCCCC2=C(C)N(S(=O)(=O)c2ccccc2)C1N1C(=O)N(C)[C@@H](C)[C@H]1c1ccccc1. The lowest BCUT2D eigenvalue weighted by molar-refractivity contribution is 0.125. The van der Waals surface area contributed by atoms with Crippen LogP contribution in [0.15, 0.2) is 89.0 Å². The van der Waals surface area contributed by atoms with Crippen molar-refractivity contribution >= 4 is 16.1 Å². The molecule has 2 heterocycles. The number of rotatable bonds is 4. The van der Waals surface area contributed by atoms with Gasteiger partial charge in [0.2, 0.25) is 0 Å². The van der Waals surface area contributed by atoms with Gasteiger partial charge in [-0.2, -0.15) is 0 Å². The van der Waals surface area contributed by atoms with Crippen LogP contribution in [0.1, 0.15) is 51.1 Å². The third-order valence-electron chi connectivity index (χ3n) is 8.00. The Balaban J connectivity index is 1.72. The molecule has 3 aliphatic rings. The molecule has 1 aliphatic carbocycles. The van der Waals surface area contributed by atoms with Crippen molar-refractivity contribution in [2.75, 3.05) is 7.05 Å². The van der Waals surface area contributed by atoms with Gasteiger partial charge in [0.05, 0.1) is 17.0 Å². The van der Waals surface area contributed by atoms with E-state index in [1.807, 2.05) is 44.2 Å². The second-order valence-electron chi connectivity index (χ2n) is 9.87. The van der Waals surface area contributed by atoms with Crippen LogP contribution in [-0.4, -0.2) is 47.8 Å². The van der Waals surface area contributed by atoms with E-state index in [0.29, 0.717) is 0 Å². The van der Waals surface area contributed by atoms with Crippen LogP contribution in [0, 0.1) is 5.92 Å². The van der Waals surface area contributed by atoms with Crippen molar-refractivity contribution in [1.29, 1.82) is 0 Å². The van der Waals surface area contributed by atoms with E-state index in [2.05, 4.69) is 6.58 Å². The van der Waals surface area contributed by atoms with E-state index >= 15 is 0 Å². The number of carbonyl (C=O) groups excluding carboxylic acids is 1. The molecule has 0 bridgehead atoms. The van der Waals surface area contributed by atoms with E-state index in [1.54, 1.807) is 47.2 Å². The van der Waals surface area contributed by atoms with Crippen LogP contribution in [0.5, 0.6) is 0 Å². The molecule has 7 heteroatoms. The van der Waals surface area contributed by atoms with Crippen molar-refractivity contribution in [1.82, 2.24) is 14.1 Å². The van der Waals surface area contributed by atoms with Crippen molar-refractivity contribution < 1.29 is 13.2 Å². The average Bonchev–Trinajstić information content (AvgIpc) is 3.10. The Bertz CT molecular complexity index is 1270. The van der Waals surface area contributed by atoms with Gasteiger partial charge in [-0.1, -0.05) is 61.5 Å².